The summed E-state index contributed by atoms with van der Waals surface area (Å²) < 4.78 is 0. The Bertz CT molecular complexity index is 572. The fraction of sp³-hybridized carbons (Fsp3) is 0.429. The van der Waals surface area contributed by atoms with E-state index >= 15 is 0 Å². The molecule has 0 radical (unpaired) electrons. The van der Waals surface area contributed by atoms with Gasteiger partial charge in [-0.1, -0.05) is 18.2 Å². The molecule has 1 saturated heterocycles. The van der Waals surface area contributed by atoms with Crippen molar-refractivity contribution in [2.45, 2.75) is 25.3 Å². The molecular weight excluding hydrogens is 240 g/mol. The second-order valence-corrected chi connectivity index (χ2v) is 5.01. The maximum atomic E-state index is 12.0. The summed E-state index contributed by atoms with van der Waals surface area (Å²) in [4.78, 5) is 12.0. The quantitative estimate of drug-likeness (QED) is 0.768. The fourth-order valence-corrected chi connectivity index (χ4v) is 2.56. The smallest absolute Gasteiger partial charge is 0.226 e. The van der Waals surface area contributed by atoms with Crippen LogP contribution in [0.15, 0.2) is 24.3 Å². The number of aromatic amines is 1. The topological polar surface area (TPSA) is 69.8 Å². The van der Waals surface area contributed by atoms with E-state index in [1.54, 1.807) is 0 Å². The van der Waals surface area contributed by atoms with Gasteiger partial charge in [0.05, 0.1) is 17.6 Å². The highest BCUT2D eigenvalue weighted by Crippen LogP contribution is 2.15. The zero-order valence-electron chi connectivity index (χ0n) is 10.8. The molecule has 1 aliphatic heterocycles. The Labute approximate surface area is 111 Å². The SMILES string of the molecule is O=C(Cc1[nH]nc2ccccc12)N[C@H]1CCCNC1. The van der Waals surface area contributed by atoms with Gasteiger partial charge < -0.3 is 10.6 Å². The third-order valence-corrected chi connectivity index (χ3v) is 3.54. The number of piperidine rings is 1. The minimum atomic E-state index is 0.0584. The minimum Gasteiger partial charge on any atom is -0.352 e. The summed E-state index contributed by atoms with van der Waals surface area (Å²) in [7, 11) is 0. The molecule has 0 bridgehead atoms. The number of aromatic nitrogens is 2. The molecule has 0 saturated carbocycles. The maximum Gasteiger partial charge on any atom is 0.226 e. The number of carbonyl (C=O) groups is 1. The van der Waals surface area contributed by atoms with Crippen LogP contribution in [0.4, 0.5) is 0 Å². The van der Waals surface area contributed by atoms with E-state index in [2.05, 4.69) is 20.8 Å². The van der Waals surface area contributed by atoms with Gasteiger partial charge in [-0.05, 0) is 25.5 Å². The first kappa shape index (κ1) is 12.2. The van der Waals surface area contributed by atoms with Crippen LogP contribution < -0.4 is 10.6 Å². The summed E-state index contributed by atoms with van der Waals surface area (Å²) in [6.07, 6.45) is 2.54. The van der Waals surface area contributed by atoms with Crippen LogP contribution in [0.25, 0.3) is 10.9 Å². The van der Waals surface area contributed by atoms with Gasteiger partial charge in [-0.2, -0.15) is 5.10 Å². The molecule has 5 nitrogen and oxygen atoms in total. The number of rotatable bonds is 3. The van der Waals surface area contributed by atoms with Gasteiger partial charge in [-0.15, -0.1) is 0 Å². The van der Waals surface area contributed by atoms with Crippen molar-refractivity contribution in [1.29, 1.82) is 0 Å². The maximum absolute atomic E-state index is 12.0. The Morgan fingerprint density at radius 2 is 2.32 bits per heavy atom. The molecule has 3 N–H and O–H groups in total. The molecule has 1 fully saturated rings. The number of amides is 1. The van der Waals surface area contributed by atoms with E-state index < -0.39 is 0 Å². The molecule has 5 heteroatoms. The van der Waals surface area contributed by atoms with E-state index in [-0.39, 0.29) is 11.9 Å². The van der Waals surface area contributed by atoms with Crippen LogP contribution in [0.5, 0.6) is 0 Å². The summed E-state index contributed by atoms with van der Waals surface area (Å²) in [6, 6.07) is 8.10. The van der Waals surface area contributed by atoms with Crippen LogP contribution in [0, 0.1) is 0 Å². The molecule has 2 heterocycles. The Balaban J connectivity index is 1.65. The van der Waals surface area contributed by atoms with Gasteiger partial charge in [0, 0.05) is 18.0 Å². The van der Waals surface area contributed by atoms with Crippen molar-refractivity contribution in [3.05, 3.63) is 30.0 Å². The molecule has 2 aromatic rings. The third kappa shape index (κ3) is 2.76. The summed E-state index contributed by atoms with van der Waals surface area (Å²) in [5, 5.41) is 14.6. The van der Waals surface area contributed by atoms with Crippen LogP contribution in [0.3, 0.4) is 0 Å². The van der Waals surface area contributed by atoms with Gasteiger partial charge >= 0.3 is 0 Å². The van der Waals surface area contributed by atoms with E-state index in [1.807, 2.05) is 24.3 Å². The lowest BCUT2D eigenvalue weighted by molar-refractivity contribution is -0.121. The van der Waals surface area contributed by atoms with Crippen molar-refractivity contribution >= 4 is 16.8 Å². The van der Waals surface area contributed by atoms with Crippen molar-refractivity contribution < 1.29 is 4.79 Å². The Morgan fingerprint density at radius 1 is 1.42 bits per heavy atom. The highest BCUT2D eigenvalue weighted by molar-refractivity contribution is 5.87. The van der Waals surface area contributed by atoms with Gasteiger partial charge in [0.1, 0.15) is 0 Å². The first-order valence-electron chi connectivity index (χ1n) is 6.75. The molecule has 19 heavy (non-hydrogen) atoms. The highest BCUT2D eigenvalue weighted by Gasteiger charge is 2.16. The third-order valence-electron chi connectivity index (χ3n) is 3.54. The number of fused-ring (bicyclic) bond motifs is 1. The highest BCUT2D eigenvalue weighted by atomic mass is 16.1. The van der Waals surface area contributed by atoms with Crippen LogP contribution in [0.2, 0.25) is 0 Å². The van der Waals surface area contributed by atoms with Crippen LogP contribution in [-0.2, 0) is 11.2 Å². The lowest BCUT2D eigenvalue weighted by Crippen LogP contribution is -2.46. The average molecular weight is 258 g/mol. The monoisotopic (exact) mass is 258 g/mol. The van der Waals surface area contributed by atoms with Gasteiger partial charge in [-0.3, -0.25) is 9.89 Å². The van der Waals surface area contributed by atoms with E-state index in [0.29, 0.717) is 6.42 Å². The standard InChI is InChI=1S/C14H18N4O/c19-14(16-10-4-3-7-15-9-10)8-13-11-5-1-2-6-12(11)17-18-13/h1-2,5-6,10,15H,3-4,7-9H2,(H,16,19)(H,17,18)/t10-/m0/s1. The van der Waals surface area contributed by atoms with E-state index in [1.165, 1.54) is 0 Å². The second-order valence-electron chi connectivity index (χ2n) is 5.01. The first-order chi connectivity index (χ1) is 9.33. The average Bonchev–Trinajstić information content (AvgIpc) is 2.83. The second kappa shape index (κ2) is 5.40. The molecule has 0 unspecified atom stereocenters. The molecule has 1 aliphatic rings. The molecule has 3 rings (SSSR count). The minimum absolute atomic E-state index is 0.0584. The normalized spacial score (nSPS) is 19.5. The predicted octanol–water partition coefficient (Wildman–Crippen LogP) is 0.974. The molecule has 1 aromatic carbocycles. The Morgan fingerprint density at radius 3 is 3.16 bits per heavy atom. The Kier molecular flexibility index (Phi) is 3.46. The summed E-state index contributed by atoms with van der Waals surface area (Å²) in [5.74, 6) is 0.0584. The summed E-state index contributed by atoms with van der Waals surface area (Å²) in [5.41, 5.74) is 1.79. The summed E-state index contributed by atoms with van der Waals surface area (Å²) >= 11 is 0. The Hall–Kier alpha value is -1.88. The first-order valence-corrected chi connectivity index (χ1v) is 6.75. The molecule has 100 valence electrons. The molecule has 0 spiro atoms. The number of carbonyl (C=O) groups excluding carboxylic acids is 1. The van der Waals surface area contributed by atoms with Crippen molar-refractivity contribution in [2.24, 2.45) is 0 Å². The largest absolute Gasteiger partial charge is 0.352 e. The van der Waals surface area contributed by atoms with E-state index in [4.69, 9.17) is 0 Å². The number of hydrogen-bond acceptors (Lipinski definition) is 3. The number of benzene rings is 1. The number of hydrogen-bond donors (Lipinski definition) is 3. The number of nitrogens with zero attached hydrogens (tertiary/aromatic N) is 1. The molecule has 1 amide bonds. The van der Waals surface area contributed by atoms with Crippen LogP contribution in [0.1, 0.15) is 18.5 Å². The van der Waals surface area contributed by atoms with Crippen LogP contribution >= 0.6 is 0 Å². The molecule has 1 atom stereocenters. The van der Waals surface area contributed by atoms with Crippen molar-refractivity contribution in [3.63, 3.8) is 0 Å². The van der Waals surface area contributed by atoms with E-state index in [9.17, 15) is 4.79 Å². The van der Waals surface area contributed by atoms with E-state index in [0.717, 1.165) is 42.5 Å². The zero-order valence-corrected chi connectivity index (χ0v) is 10.8. The number of nitrogens with one attached hydrogen (secondary N) is 3. The van der Waals surface area contributed by atoms with Gasteiger partial charge in [-0.25, -0.2) is 0 Å². The van der Waals surface area contributed by atoms with Crippen molar-refractivity contribution in [3.8, 4) is 0 Å². The lowest BCUT2D eigenvalue weighted by Gasteiger charge is -2.23. The number of para-hydroxylation sites is 1. The molecule has 0 aliphatic carbocycles. The number of H-pyrrole nitrogens is 1. The van der Waals surface area contributed by atoms with Gasteiger partial charge in [0.25, 0.3) is 0 Å². The van der Waals surface area contributed by atoms with Crippen LogP contribution in [-0.4, -0.2) is 35.2 Å². The van der Waals surface area contributed by atoms with Gasteiger partial charge in [0.2, 0.25) is 5.91 Å². The summed E-state index contributed by atoms with van der Waals surface area (Å²) in [6.45, 7) is 1.92. The van der Waals surface area contributed by atoms with Gasteiger partial charge in [0.15, 0.2) is 0 Å². The predicted molar refractivity (Wildman–Crippen MR) is 73.8 cm³/mol. The molecule has 1 aromatic heterocycles. The lowest BCUT2D eigenvalue weighted by atomic mass is 10.1. The molecular formula is C14H18N4O. The fourth-order valence-electron chi connectivity index (χ4n) is 2.56. The van der Waals surface area contributed by atoms with Crippen molar-refractivity contribution in [2.75, 3.05) is 13.1 Å². The van der Waals surface area contributed by atoms with Crippen molar-refractivity contribution in [1.82, 2.24) is 20.8 Å². The zero-order chi connectivity index (χ0) is 13.1.